The Balaban J connectivity index is 1.98. The Kier molecular flexibility index (Phi) is 5.52. The summed E-state index contributed by atoms with van der Waals surface area (Å²) >= 11 is 5.96. The summed E-state index contributed by atoms with van der Waals surface area (Å²) < 4.78 is 13.5. The van der Waals surface area contributed by atoms with E-state index < -0.39 is 11.9 Å². The number of benzene rings is 2. The molecule has 116 valence electrons. The lowest BCUT2D eigenvalue weighted by molar-refractivity contribution is -0.118. The van der Waals surface area contributed by atoms with E-state index >= 15 is 0 Å². The maximum atomic E-state index is 13.5. The van der Waals surface area contributed by atoms with E-state index in [1.807, 2.05) is 25.1 Å². The van der Waals surface area contributed by atoms with Crippen molar-refractivity contribution in [2.45, 2.75) is 25.9 Å². The smallest absolute Gasteiger partial charge is 0.241 e. The SMILES string of the molecule is CC(NC(C)c1cccc(Cl)c1)C(=O)Nc1ccccc1F. The van der Waals surface area contributed by atoms with E-state index in [-0.39, 0.29) is 17.6 Å². The molecule has 0 bridgehead atoms. The maximum absolute atomic E-state index is 13.5. The first-order valence-electron chi connectivity index (χ1n) is 7.04. The zero-order valence-corrected chi connectivity index (χ0v) is 13.2. The Morgan fingerprint density at radius 2 is 1.86 bits per heavy atom. The third kappa shape index (κ3) is 4.29. The number of para-hydroxylation sites is 1. The first-order valence-corrected chi connectivity index (χ1v) is 7.42. The molecule has 0 spiro atoms. The molecule has 0 saturated heterocycles. The molecule has 2 unspecified atom stereocenters. The summed E-state index contributed by atoms with van der Waals surface area (Å²) in [6.45, 7) is 3.68. The van der Waals surface area contributed by atoms with Crippen LogP contribution in [0.4, 0.5) is 10.1 Å². The van der Waals surface area contributed by atoms with Crippen molar-refractivity contribution in [1.29, 1.82) is 0 Å². The van der Waals surface area contributed by atoms with Crippen LogP contribution in [-0.4, -0.2) is 11.9 Å². The third-order valence-corrected chi connectivity index (χ3v) is 3.61. The number of carbonyl (C=O) groups is 1. The van der Waals surface area contributed by atoms with Crippen molar-refractivity contribution in [2.75, 3.05) is 5.32 Å². The first kappa shape index (κ1) is 16.5. The fourth-order valence-electron chi connectivity index (χ4n) is 2.13. The van der Waals surface area contributed by atoms with Gasteiger partial charge in [-0.15, -0.1) is 0 Å². The van der Waals surface area contributed by atoms with Gasteiger partial charge in [0.1, 0.15) is 5.82 Å². The molecular weight excluding hydrogens is 303 g/mol. The zero-order chi connectivity index (χ0) is 16.1. The third-order valence-electron chi connectivity index (χ3n) is 3.37. The number of hydrogen-bond acceptors (Lipinski definition) is 2. The monoisotopic (exact) mass is 320 g/mol. The van der Waals surface area contributed by atoms with E-state index in [4.69, 9.17) is 11.6 Å². The quantitative estimate of drug-likeness (QED) is 0.868. The van der Waals surface area contributed by atoms with Crippen LogP contribution in [0.25, 0.3) is 0 Å². The van der Waals surface area contributed by atoms with Crippen LogP contribution in [0.2, 0.25) is 5.02 Å². The molecule has 22 heavy (non-hydrogen) atoms. The van der Waals surface area contributed by atoms with Gasteiger partial charge in [0.25, 0.3) is 0 Å². The minimum atomic E-state index is -0.478. The molecule has 2 atom stereocenters. The summed E-state index contributed by atoms with van der Waals surface area (Å²) in [6, 6.07) is 13.0. The van der Waals surface area contributed by atoms with Crippen LogP contribution in [0.1, 0.15) is 25.5 Å². The second-order valence-electron chi connectivity index (χ2n) is 5.13. The predicted molar refractivity (Wildman–Crippen MR) is 87.5 cm³/mol. The summed E-state index contributed by atoms with van der Waals surface area (Å²) in [6.07, 6.45) is 0. The number of nitrogens with one attached hydrogen (secondary N) is 2. The van der Waals surface area contributed by atoms with E-state index in [9.17, 15) is 9.18 Å². The van der Waals surface area contributed by atoms with Crippen LogP contribution < -0.4 is 10.6 Å². The predicted octanol–water partition coefficient (Wildman–Crippen LogP) is 4.16. The van der Waals surface area contributed by atoms with Gasteiger partial charge in [-0.1, -0.05) is 35.9 Å². The largest absolute Gasteiger partial charge is 0.322 e. The number of amides is 1. The molecule has 2 aromatic carbocycles. The van der Waals surface area contributed by atoms with Gasteiger partial charge in [-0.25, -0.2) is 4.39 Å². The highest BCUT2D eigenvalue weighted by Crippen LogP contribution is 2.18. The summed E-state index contributed by atoms with van der Waals surface area (Å²) in [7, 11) is 0. The highest BCUT2D eigenvalue weighted by Gasteiger charge is 2.17. The molecule has 3 nitrogen and oxygen atoms in total. The summed E-state index contributed by atoms with van der Waals surface area (Å²) in [5.74, 6) is -0.745. The normalized spacial score (nSPS) is 13.5. The van der Waals surface area contributed by atoms with Crippen molar-refractivity contribution in [3.63, 3.8) is 0 Å². The molecule has 5 heteroatoms. The van der Waals surface area contributed by atoms with E-state index in [0.717, 1.165) is 5.56 Å². The van der Waals surface area contributed by atoms with Crippen LogP contribution in [0.3, 0.4) is 0 Å². The van der Waals surface area contributed by atoms with Crippen molar-refractivity contribution in [3.05, 3.63) is 64.9 Å². The lowest BCUT2D eigenvalue weighted by Crippen LogP contribution is -2.39. The van der Waals surface area contributed by atoms with Gasteiger partial charge >= 0.3 is 0 Å². The minimum absolute atomic E-state index is 0.0555. The number of carbonyl (C=O) groups excluding carboxylic acids is 1. The Hall–Kier alpha value is -1.91. The Bertz CT molecular complexity index is 663. The Morgan fingerprint density at radius 1 is 1.14 bits per heavy atom. The minimum Gasteiger partial charge on any atom is -0.322 e. The molecule has 0 aliphatic heterocycles. The fourth-order valence-corrected chi connectivity index (χ4v) is 2.33. The molecule has 1 amide bonds. The van der Waals surface area contributed by atoms with E-state index in [1.165, 1.54) is 12.1 Å². The van der Waals surface area contributed by atoms with Gasteiger partial charge in [0.05, 0.1) is 11.7 Å². The topological polar surface area (TPSA) is 41.1 Å². The van der Waals surface area contributed by atoms with Gasteiger partial charge in [0.15, 0.2) is 0 Å². The van der Waals surface area contributed by atoms with Crippen molar-refractivity contribution >= 4 is 23.2 Å². The second-order valence-corrected chi connectivity index (χ2v) is 5.57. The molecule has 0 aliphatic rings. The Morgan fingerprint density at radius 3 is 2.55 bits per heavy atom. The maximum Gasteiger partial charge on any atom is 0.241 e. The van der Waals surface area contributed by atoms with Gasteiger partial charge in [-0.2, -0.15) is 0 Å². The van der Waals surface area contributed by atoms with Crippen LogP contribution >= 0.6 is 11.6 Å². The standard InChI is InChI=1S/C17H18ClFN2O/c1-11(13-6-5-7-14(18)10-13)20-12(2)17(22)21-16-9-4-3-8-15(16)19/h3-12,20H,1-2H3,(H,21,22). The van der Waals surface area contributed by atoms with Crippen LogP contribution in [0.15, 0.2) is 48.5 Å². The molecule has 2 rings (SSSR count). The zero-order valence-electron chi connectivity index (χ0n) is 12.4. The molecule has 2 N–H and O–H groups in total. The average molecular weight is 321 g/mol. The Labute approximate surface area is 134 Å². The van der Waals surface area contributed by atoms with Gasteiger partial charge in [-0.3, -0.25) is 10.1 Å². The highest BCUT2D eigenvalue weighted by atomic mass is 35.5. The van der Waals surface area contributed by atoms with Gasteiger partial charge in [0.2, 0.25) is 5.91 Å². The van der Waals surface area contributed by atoms with Crippen molar-refractivity contribution in [2.24, 2.45) is 0 Å². The lowest BCUT2D eigenvalue weighted by Gasteiger charge is -2.20. The van der Waals surface area contributed by atoms with Gasteiger partial charge in [-0.05, 0) is 43.7 Å². The lowest BCUT2D eigenvalue weighted by atomic mass is 10.1. The average Bonchev–Trinajstić information content (AvgIpc) is 2.49. The second kappa shape index (κ2) is 7.38. The summed E-state index contributed by atoms with van der Waals surface area (Å²) in [5, 5.41) is 6.39. The van der Waals surface area contributed by atoms with E-state index in [2.05, 4.69) is 10.6 Å². The molecule has 0 fully saturated rings. The number of rotatable bonds is 5. The van der Waals surface area contributed by atoms with Crippen LogP contribution in [0, 0.1) is 5.82 Å². The van der Waals surface area contributed by atoms with E-state index in [0.29, 0.717) is 5.02 Å². The molecule has 0 aliphatic carbocycles. The van der Waals surface area contributed by atoms with Crippen LogP contribution in [-0.2, 0) is 4.79 Å². The molecule has 0 radical (unpaired) electrons. The number of halogens is 2. The molecule has 2 aromatic rings. The molecule has 0 aromatic heterocycles. The molecular formula is C17H18ClFN2O. The summed E-state index contributed by atoms with van der Waals surface area (Å²) in [4.78, 5) is 12.1. The number of anilines is 1. The van der Waals surface area contributed by atoms with Crippen molar-refractivity contribution in [1.82, 2.24) is 5.32 Å². The van der Waals surface area contributed by atoms with Gasteiger partial charge in [0, 0.05) is 11.1 Å². The van der Waals surface area contributed by atoms with Crippen molar-refractivity contribution < 1.29 is 9.18 Å². The highest BCUT2D eigenvalue weighted by molar-refractivity contribution is 6.30. The number of hydrogen-bond donors (Lipinski definition) is 2. The first-order chi connectivity index (χ1) is 10.5. The van der Waals surface area contributed by atoms with Gasteiger partial charge < -0.3 is 5.32 Å². The molecule has 0 saturated carbocycles. The molecule has 0 heterocycles. The van der Waals surface area contributed by atoms with Crippen LogP contribution in [0.5, 0.6) is 0 Å². The van der Waals surface area contributed by atoms with E-state index in [1.54, 1.807) is 25.1 Å². The fraction of sp³-hybridized carbons (Fsp3) is 0.235. The van der Waals surface area contributed by atoms with Crippen molar-refractivity contribution in [3.8, 4) is 0 Å². The summed E-state index contributed by atoms with van der Waals surface area (Å²) in [5.41, 5.74) is 1.16.